The Morgan fingerprint density at radius 3 is 1.62 bits per heavy atom. The van der Waals surface area contributed by atoms with Gasteiger partial charge in [0, 0.05) is 25.7 Å². The molecule has 0 saturated carbocycles. The van der Waals surface area contributed by atoms with Crippen LogP contribution in [0.2, 0.25) is 6.04 Å². The summed E-state index contributed by atoms with van der Waals surface area (Å²) in [6, 6.07) is -0.573. The lowest BCUT2D eigenvalue weighted by molar-refractivity contribution is -0.186. The monoisotopic (exact) mass is 580 g/mol. The van der Waals surface area contributed by atoms with Gasteiger partial charge in [-0.05, 0) is 33.6 Å². The Bertz CT molecular complexity index is 960. The normalized spacial score (nSPS) is 16.1. The highest BCUT2D eigenvalue weighted by molar-refractivity contribution is 6.56. The van der Waals surface area contributed by atoms with E-state index < -0.39 is 98.4 Å². The molecule has 16 nitrogen and oxygen atoms in total. The van der Waals surface area contributed by atoms with Gasteiger partial charge < -0.3 is 45.0 Å². The molecule has 0 aliphatic rings. The summed E-state index contributed by atoms with van der Waals surface area (Å²) in [5.41, 5.74) is -6.37. The molecular weight excluding hydrogens is 544 g/mol. The third-order valence-electron chi connectivity index (χ3n) is 6.76. The number of carbonyl (C=O) groups is 7. The largest absolute Gasteiger partial charge is 0.492 e. The average molecular weight is 581 g/mol. The summed E-state index contributed by atoms with van der Waals surface area (Å²) >= 11 is 0. The highest BCUT2D eigenvalue weighted by Gasteiger charge is 2.67. The Kier molecular flexibility index (Phi) is 12.9. The van der Waals surface area contributed by atoms with Gasteiger partial charge in [0.05, 0.1) is 18.3 Å². The number of carboxylic acid groups (broad SMARTS) is 4. The Morgan fingerprint density at radius 1 is 0.821 bits per heavy atom. The molecule has 0 saturated heterocycles. The predicted molar refractivity (Wildman–Crippen MR) is 131 cm³/mol. The topological polar surface area (TPSA) is 276 Å². The van der Waals surface area contributed by atoms with Gasteiger partial charge in [0.25, 0.3) is 0 Å². The molecular formula is C22H36N2O14Si. The molecule has 8 N–H and O–H groups in total. The molecule has 0 heterocycles. The molecule has 0 aromatic rings. The summed E-state index contributed by atoms with van der Waals surface area (Å²) in [6.07, 6.45) is -2.71. The number of ketones is 1. The number of hydrogen-bond acceptors (Lipinski definition) is 10. The Balaban J connectivity index is 7.52. The van der Waals surface area contributed by atoms with Crippen LogP contribution in [0.3, 0.4) is 0 Å². The number of carboxylic acids is 4. The maximum atomic E-state index is 13.7. The minimum absolute atomic E-state index is 0.160. The van der Waals surface area contributed by atoms with E-state index in [4.69, 9.17) is 14.4 Å². The standard InChI is InChI=1S/C22H36N2O14Si/c1-5-21(19(32)33,18(31)23-9-8-10-39(36,37)38)15(17(29)30)14(16(28)24(6-2)7-3)22(12(4)25,20(34)35)11-13(26)27/h14-15,36-38H,5-11H2,1-4H3,(H,23,31)(H,26,27)(H,29,30)(H,32,33)(H,34,35)/t14?,15?,21-,22?/m0/s1. The van der Waals surface area contributed by atoms with E-state index in [1.165, 1.54) is 13.8 Å². The van der Waals surface area contributed by atoms with Crippen LogP contribution in [0, 0.1) is 22.7 Å². The molecule has 0 rings (SSSR count). The van der Waals surface area contributed by atoms with E-state index >= 15 is 0 Å². The lowest BCUT2D eigenvalue weighted by Crippen LogP contribution is -2.64. The van der Waals surface area contributed by atoms with Crippen LogP contribution in [0.25, 0.3) is 0 Å². The average Bonchev–Trinajstić information content (AvgIpc) is 2.79. The minimum atomic E-state index is -4.53. The van der Waals surface area contributed by atoms with E-state index in [2.05, 4.69) is 5.32 Å². The molecule has 3 unspecified atom stereocenters. The van der Waals surface area contributed by atoms with Crippen molar-refractivity contribution in [2.75, 3.05) is 19.6 Å². The van der Waals surface area contributed by atoms with Crippen molar-refractivity contribution in [1.29, 1.82) is 0 Å². The van der Waals surface area contributed by atoms with Gasteiger partial charge in [-0.2, -0.15) is 0 Å². The maximum Gasteiger partial charge on any atom is 0.492 e. The van der Waals surface area contributed by atoms with Crippen LogP contribution >= 0.6 is 0 Å². The molecule has 0 radical (unpaired) electrons. The van der Waals surface area contributed by atoms with Crippen molar-refractivity contribution in [1.82, 2.24) is 10.2 Å². The van der Waals surface area contributed by atoms with E-state index in [1.807, 2.05) is 0 Å². The smallest absolute Gasteiger partial charge is 0.481 e. The zero-order chi connectivity index (χ0) is 30.9. The van der Waals surface area contributed by atoms with Gasteiger partial charge in [-0.25, -0.2) is 0 Å². The lowest BCUT2D eigenvalue weighted by Gasteiger charge is -2.44. The number of amides is 2. The molecule has 0 fully saturated rings. The fraction of sp³-hybridized carbons (Fsp3) is 0.682. The molecule has 0 aromatic heterocycles. The molecule has 0 aromatic carbocycles. The third kappa shape index (κ3) is 7.81. The van der Waals surface area contributed by atoms with Crippen LogP contribution in [0.4, 0.5) is 0 Å². The van der Waals surface area contributed by atoms with Gasteiger partial charge in [0.1, 0.15) is 11.2 Å². The number of hydrogen-bond donors (Lipinski definition) is 8. The van der Waals surface area contributed by atoms with E-state index in [-0.39, 0.29) is 19.5 Å². The fourth-order valence-electron chi connectivity index (χ4n) is 4.65. The molecule has 39 heavy (non-hydrogen) atoms. The van der Waals surface area contributed by atoms with E-state index in [1.54, 1.807) is 0 Å². The Hall–Kier alpha value is -3.41. The van der Waals surface area contributed by atoms with Crippen LogP contribution in [0.1, 0.15) is 47.0 Å². The minimum Gasteiger partial charge on any atom is -0.481 e. The fourth-order valence-corrected chi connectivity index (χ4v) is 5.30. The second-order valence-electron chi connectivity index (χ2n) is 8.97. The second kappa shape index (κ2) is 14.1. The van der Waals surface area contributed by atoms with Gasteiger partial charge in [0.15, 0.2) is 5.41 Å². The van der Waals surface area contributed by atoms with E-state index in [0.717, 1.165) is 11.8 Å². The van der Waals surface area contributed by atoms with Crippen molar-refractivity contribution in [3.63, 3.8) is 0 Å². The third-order valence-corrected chi connectivity index (χ3v) is 7.79. The zero-order valence-corrected chi connectivity index (χ0v) is 23.0. The summed E-state index contributed by atoms with van der Waals surface area (Å²) in [5, 5.41) is 42.2. The summed E-state index contributed by atoms with van der Waals surface area (Å²) in [4.78, 5) is 118. The SMILES string of the molecule is CCN(CC)C(=O)C(C(C(=O)O)[C@](CC)(C(=O)O)C(=O)NCCC[Si](O)(O)O)C(CC(=O)O)(C(C)=O)C(=O)O. The lowest BCUT2D eigenvalue weighted by atomic mass is 9.56. The number of nitrogens with one attached hydrogen (secondary N) is 1. The number of carbonyl (C=O) groups excluding carboxylic acids is 3. The molecule has 2 amide bonds. The van der Waals surface area contributed by atoms with Gasteiger partial charge in [-0.3, -0.25) is 33.6 Å². The maximum absolute atomic E-state index is 13.7. The van der Waals surface area contributed by atoms with Gasteiger partial charge >= 0.3 is 32.7 Å². The molecule has 0 aliphatic heterocycles. The van der Waals surface area contributed by atoms with Crippen molar-refractivity contribution >= 4 is 50.3 Å². The Labute approximate surface area is 224 Å². The summed E-state index contributed by atoms with van der Waals surface area (Å²) in [7, 11) is -4.53. The molecule has 0 aliphatic carbocycles. The number of aliphatic carboxylic acids is 4. The summed E-state index contributed by atoms with van der Waals surface area (Å²) in [6.45, 7) is 3.73. The molecule has 4 atom stereocenters. The highest BCUT2D eigenvalue weighted by Crippen LogP contribution is 2.48. The van der Waals surface area contributed by atoms with Gasteiger partial charge in [-0.15, -0.1) is 0 Å². The van der Waals surface area contributed by atoms with Crippen LogP contribution in [0.5, 0.6) is 0 Å². The van der Waals surface area contributed by atoms with E-state index in [9.17, 15) is 54.0 Å². The van der Waals surface area contributed by atoms with Crippen molar-refractivity contribution in [3.05, 3.63) is 0 Å². The van der Waals surface area contributed by atoms with Crippen LogP contribution in [0.15, 0.2) is 0 Å². The first-order valence-corrected chi connectivity index (χ1v) is 14.0. The first kappa shape index (κ1) is 35.6. The van der Waals surface area contributed by atoms with Crippen molar-refractivity contribution in [3.8, 4) is 0 Å². The van der Waals surface area contributed by atoms with E-state index in [0.29, 0.717) is 6.92 Å². The van der Waals surface area contributed by atoms with Crippen molar-refractivity contribution in [2.24, 2.45) is 22.7 Å². The molecule has 0 bridgehead atoms. The molecule has 222 valence electrons. The van der Waals surface area contributed by atoms with Crippen LogP contribution < -0.4 is 5.32 Å². The van der Waals surface area contributed by atoms with Crippen LogP contribution in [-0.4, -0.2) is 110 Å². The summed E-state index contributed by atoms with van der Waals surface area (Å²) < 4.78 is 0. The zero-order valence-electron chi connectivity index (χ0n) is 22.0. The highest BCUT2D eigenvalue weighted by atomic mass is 28.4. The van der Waals surface area contributed by atoms with Crippen molar-refractivity contribution in [2.45, 2.75) is 53.0 Å². The number of rotatable bonds is 18. The Morgan fingerprint density at radius 2 is 1.31 bits per heavy atom. The quantitative estimate of drug-likeness (QED) is 0.0505. The summed E-state index contributed by atoms with van der Waals surface area (Å²) in [5.74, 6) is -18.1. The first-order valence-electron chi connectivity index (χ1n) is 12.0. The predicted octanol–water partition coefficient (Wildman–Crippen LogP) is -1.79. The first-order chi connectivity index (χ1) is 17.8. The molecule has 0 spiro atoms. The number of Topliss-reactive ketones (excluding diaryl/α,β-unsaturated/α-hetero) is 1. The van der Waals surface area contributed by atoms with Crippen molar-refractivity contribution < 1.29 is 68.4 Å². The van der Waals surface area contributed by atoms with Crippen LogP contribution in [-0.2, 0) is 33.6 Å². The molecule has 17 heteroatoms. The second-order valence-corrected chi connectivity index (χ2v) is 11.0. The number of nitrogens with zero attached hydrogens (tertiary/aromatic N) is 1. The van der Waals surface area contributed by atoms with Gasteiger partial charge in [0.2, 0.25) is 11.8 Å². The van der Waals surface area contributed by atoms with Gasteiger partial charge in [-0.1, -0.05) is 6.92 Å².